The molecule has 0 aliphatic carbocycles. The van der Waals surface area contributed by atoms with E-state index in [0.717, 1.165) is 18.5 Å². The minimum atomic E-state index is -0.838. The molecule has 1 saturated heterocycles. The lowest BCUT2D eigenvalue weighted by molar-refractivity contribution is -0.0256. The summed E-state index contributed by atoms with van der Waals surface area (Å²) in [6, 6.07) is 0.647. The topological polar surface area (TPSA) is 115 Å². The predicted octanol–water partition coefficient (Wildman–Crippen LogP) is -0.00980. The summed E-state index contributed by atoms with van der Waals surface area (Å²) < 4.78 is 8.69. The van der Waals surface area contributed by atoms with Gasteiger partial charge in [0.15, 0.2) is 6.23 Å². The number of nitrogens with one attached hydrogen (secondary N) is 1. The van der Waals surface area contributed by atoms with Gasteiger partial charge in [-0.1, -0.05) is 25.5 Å². The summed E-state index contributed by atoms with van der Waals surface area (Å²) in [5.41, 5.74) is -0.253. The predicted molar refractivity (Wildman–Crippen MR) is 84.6 cm³/mol. The number of aryl methyl sites for hydroxylation is 1. The van der Waals surface area contributed by atoms with Gasteiger partial charge in [0.2, 0.25) is 0 Å². The number of aliphatic hydroxyl groups excluding tert-OH is 1. The highest BCUT2D eigenvalue weighted by atomic mass is 16.5. The molecule has 0 aromatic carbocycles. The second-order valence-corrected chi connectivity index (χ2v) is 5.91. The van der Waals surface area contributed by atoms with Gasteiger partial charge in [-0.25, -0.2) is 9.48 Å². The summed E-state index contributed by atoms with van der Waals surface area (Å²) in [6.07, 6.45) is 3.39. The lowest BCUT2D eigenvalue weighted by atomic mass is 10.1. The van der Waals surface area contributed by atoms with Crippen molar-refractivity contribution in [3.05, 3.63) is 45.0 Å². The smallest absolute Gasteiger partial charge is 0.330 e. The third-order valence-electron chi connectivity index (χ3n) is 4.23. The van der Waals surface area contributed by atoms with Crippen LogP contribution >= 0.6 is 0 Å². The average molecular weight is 335 g/mol. The number of aliphatic hydroxyl groups is 1. The summed E-state index contributed by atoms with van der Waals surface area (Å²) in [4.78, 5) is 25.6. The molecule has 1 aliphatic rings. The Balaban J connectivity index is 2.01. The number of aromatic amines is 1. The van der Waals surface area contributed by atoms with E-state index in [1.165, 1.54) is 16.8 Å². The molecule has 1 fully saturated rings. The molecular weight excluding hydrogens is 314 g/mol. The zero-order valence-electron chi connectivity index (χ0n) is 13.6. The maximum atomic E-state index is 12.1. The number of rotatable bonds is 5. The van der Waals surface area contributed by atoms with Crippen molar-refractivity contribution in [3.8, 4) is 0 Å². The van der Waals surface area contributed by atoms with Gasteiger partial charge in [-0.05, 0) is 12.8 Å². The number of aromatic nitrogens is 5. The Labute approximate surface area is 137 Å². The van der Waals surface area contributed by atoms with Crippen LogP contribution in [-0.2, 0) is 11.2 Å². The Hall–Kier alpha value is -2.26. The first kappa shape index (κ1) is 16.6. The lowest BCUT2D eigenvalue weighted by Gasteiger charge is -2.21. The molecule has 9 heteroatoms. The molecule has 2 N–H and O–H groups in total. The fourth-order valence-corrected chi connectivity index (χ4v) is 3.04. The summed E-state index contributed by atoms with van der Waals surface area (Å²) in [6.45, 7) is 3.94. The van der Waals surface area contributed by atoms with Gasteiger partial charge in [-0.15, -0.1) is 5.10 Å². The highest BCUT2D eigenvalue weighted by Crippen LogP contribution is 2.38. The molecule has 3 rings (SSSR count). The molecule has 0 spiro atoms. The van der Waals surface area contributed by atoms with E-state index in [1.807, 2.05) is 13.8 Å². The van der Waals surface area contributed by atoms with Crippen LogP contribution in [0.2, 0.25) is 0 Å². The summed E-state index contributed by atoms with van der Waals surface area (Å²) in [5.74, 6) is 0. The van der Waals surface area contributed by atoms with Gasteiger partial charge < -0.3 is 9.84 Å². The molecule has 3 heterocycles. The number of H-pyrrole nitrogens is 1. The highest BCUT2D eigenvalue weighted by Gasteiger charge is 2.46. The molecule has 2 aromatic heterocycles. The van der Waals surface area contributed by atoms with E-state index in [-0.39, 0.29) is 0 Å². The lowest BCUT2D eigenvalue weighted by Crippen LogP contribution is -2.36. The molecular formula is C15H21N5O4. The third kappa shape index (κ3) is 2.92. The second-order valence-electron chi connectivity index (χ2n) is 5.91. The summed E-state index contributed by atoms with van der Waals surface area (Å²) in [7, 11) is 0. The first-order valence-corrected chi connectivity index (χ1v) is 8.10. The van der Waals surface area contributed by atoms with Crippen LogP contribution in [0, 0.1) is 0 Å². The molecule has 9 nitrogen and oxygen atoms in total. The highest BCUT2D eigenvalue weighted by molar-refractivity contribution is 4.99. The summed E-state index contributed by atoms with van der Waals surface area (Å²) >= 11 is 0. The Morgan fingerprint density at radius 1 is 1.38 bits per heavy atom. The number of hydrogen-bond donors (Lipinski definition) is 2. The van der Waals surface area contributed by atoms with Gasteiger partial charge >= 0.3 is 5.69 Å². The molecule has 24 heavy (non-hydrogen) atoms. The fourth-order valence-electron chi connectivity index (χ4n) is 3.04. The van der Waals surface area contributed by atoms with Gasteiger partial charge in [0.05, 0.1) is 11.8 Å². The van der Waals surface area contributed by atoms with E-state index in [0.29, 0.717) is 6.42 Å². The average Bonchev–Trinajstić information content (AvgIpc) is 3.12. The third-order valence-corrected chi connectivity index (χ3v) is 4.23. The SMILES string of the molecule is CCCc1cn([C@H]2C(O)[C@@H](CC)O[C@H]2n2ccc(=O)[nH]c2=O)nn1. The second kappa shape index (κ2) is 6.70. The van der Waals surface area contributed by atoms with Crippen LogP contribution in [0.4, 0.5) is 0 Å². The van der Waals surface area contributed by atoms with Crippen molar-refractivity contribution in [2.45, 2.75) is 57.6 Å². The van der Waals surface area contributed by atoms with Crippen LogP contribution in [0.3, 0.4) is 0 Å². The van der Waals surface area contributed by atoms with Crippen molar-refractivity contribution in [3.63, 3.8) is 0 Å². The van der Waals surface area contributed by atoms with Crippen molar-refractivity contribution >= 4 is 0 Å². The Morgan fingerprint density at radius 2 is 2.17 bits per heavy atom. The zero-order chi connectivity index (χ0) is 17.3. The standard InChI is InChI=1S/C15H21N5O4/c1-3-5-9-8-20(18-17-9)12-13(22)10(4-2)24-14(12)19-7-6-11(21)16-15(19)23/h6-8,10,12-14,22H,3-5H2,1-2H3,(H,16,21,23)/t10-,12+,13?,14-/m1/s1. The Kier molecular flexibility index (Phi) is 4.63. The molecule has 1 aliphatic heterocycles. The minimum Gasteiger partial charge on any atom is -0.388 e. The molecule has 0 bridgehead atoms. The largest absolute Gasteiger partial charge is 0.388 e. The molecule has 130 valence electrons. The number of ether oxygens (including phenoxy) is 1. The van der Waals surface area contributed by atoms with E-state index in [2.05, 4.69) is 15.3 Å². The van der Waals surface area contributed by atoms with Gasteiger partial charge in [0.25, 0.3) is 5.56 Å². The van der Waals surface area contributed by atoms with E-state index in [1.54, 1.807) is 10.9 Å². The van der Waals surface area contributed by atoms with E-state index < -0.39 is 35.7 Å². The molecule has 4 atom stereocenters. The first-order chi connectivity index (χ1) is 11.5. The maximum absolute atomic E-state index is 12.1. The van der Waals surface area contributed by atoms with Crippen LogP contribution in [-0.4, -0.2) is 41.9 Å². The van der Waals surface area contributed by atoms with Crippen LogP contribution in [0.25, 0.3) is 0 Å². The maximum Gasteiger partial charge on any atom is 0.330 e. The molecule has 1 unspecified atom stereocenters. The van der Waals surface area contributed by atoms with Crippen LogP contribution in [0.1, 0.15) is 44.7 Å². The summed E-state index contributed by atoms with van der Waals surface area (Å²) in [5, 5.41) is 18.8. The fraction of sp³-hybridized carbons (Fsp3) is 0.600. The van der Waals surface area contributed by atoms with E-state index in [9.17, 15) is 14.7 Å². The monoisotopic (exact) mass is 335 g/mol. The minimum absolute atomic E-state index is 0.433. The van der Waals surface area contributed by atoms with Gasteiger partial charge in [0, 0.05) is 18.5 Å². The van der Waals surface area contributed by atoms with Crippen molar-refractivity contribution in [1.82, 2.24) is 24.5 Å². The molecule has 2 aromatic rings. The van der Waals surface area contributed by atoms with Crippen molar-refractivity contribution in [1.29, 1.82) is 0 Å². The van der Waals surface area contributed by atoms with Gasteiger partial charge in [-0.3, -0.25) is 14.3 Å². The Bertz CT molecular complexity index is 810. The number of nitrogens with zero attached hydrogens (tertiary/aromatic N) is 4. The van der Waals surface area contributed by atoms with Crippen molar-refractivity contribution in [2.24, 2.45) is 0 Å². The van der Waals surface area contributed by atoms with E-state index in [4.69, 9.17) is 4.74 Å². The Morgan fingerprint density at radius 3 is 2.83 bits per heavy atom. The van der Waals surface area contributed by atoms with Crippen LogP contribution in [0.5, 0.6) is 0 Å². The van der Waals surface area contributed by atoms with Crippen molar-refractivity contribution < 1.29 is 9.84 Å². The molecule has 0 saturated carbocycles. The number of hydrogen-bond acceptors (Lipinski definition) is 6. The molecule has 0 radical (unpaired) electrons. The molecule has 0 amide bonds. The normalized spacial score (nSPS) is 26.8. The van der Waals surface area contributed by atoms with Gasteiger partial charge in [0.1, 0.15) is 12.1 Å². The van der Waals surface area contributed by atoms with Gasteiger partial charge in [-0.2, -0.15) is 0 Å². The van der Waals surface area contributed by atoms with Crippen molar-refractivity contribution in [2.75, 3.05) is 0 Å². The van der Waals surface area contributed by atoms with E-state index >= 15 is 0 Å². The van der Waals surface area contributed by atoms with Crippen LogP contribution in [0.15, 0.2) is 28.0 Å². The first-order valence-electron chi connectivity index (χ1n) is 8.10. The zero-order valence-corrected chi connectivity index (χ0v) is 13.6. The van der Waals surface area contributed by atoms with Crippen LogP contribution < -0.4 is 11.2 Å². The quantitative estimate of drug-likeness (QED) is 0.794.